The van der Waals surface area contributed by atoms with Gasteiger partial charge in [-0.1, -0.05) is 6.07 Å². The molecular formula is C19H15FN4OS. The normalized spacial score (nSPS) is 11.0. The predicted octanol–water partition coefficient (Wildman–Crippen LogP) is 4.57. The Bertz CT molecular complexity index is 1070. The minimum atomic E-state index is -0.349. The number of carbonyl (C=O) groups excluding carboxylic acids is 1. The number of carbonyl (C=O) groups is 1. The number of benzene rings is 1. The number of fused-ring (bicyclic) bond motifs is 1. The third-order valence-corrected chi connectivity index (χ3v) is 4.92. The molecule has 0 atom stereocenters. The van der Waals surface area contributed by atoms with Gasteiger partial charge in [-0.2, -0.15) is 5.10 Å². The van der Waals surface area contributed by atoms with Gasteiger partial charge in [-0.15, -0.1) is 11.3 Å². The van der Waals surface area contributed by atoms with E-state index in [0.29, 0.717) is 28.8 Å². The van der Waals surface area contributed by atoms with Crippen LogP contribution in [0.4, 0.5) is 10.1 Å². The molecule has 1 N–H and O–H groups in total. The minimum absolute atomic E-state index is 0.280. The average Bonchev–Trinajstić information content (AvgIpc) is 3.32. The van der Waals surface area contributed by atoms with Crippen LogP contribution in [0, 0.1) is 5.82 Å². The molecule has 4 rings (SSSR count). The van der Waals surface area contributed by atoms with Gasteiger partial charge in [0.2, 0.25) is 0 Å². The van der Waals surface area contributed by atoms with Gasteiger partial charge in [0.1, 0.15) is 5.82 Å². The van der Waals surface area contributed by atoms with Crippen LogP contribution in [0.3, 0.4) is 0 Å². The van der Waals surface area contributed by atoms with Crippen LogP contribution in [0.15, 0.2) is 54.0 Å². The number of aromatic nitrogens is 3. The summed E-state index contributed by atoms with van der Waals surface area (Å²) in [5, 5.41) is 9.79. The van der Waals surface area contributed by atoms with Crippen LogP contribution in [0.5, 0.6) is 0 Å². The number of anilines is 1. The molecule has 0 aliphatic carbocycles. The summed E-state index contributed by atoms with van der Waals surface area (Å²) in [5.74, 6) is -0.629. The zero-order valence-electron chi connectivity index (χ0n) is 13.9. The van der Waals surface area contributed by atoms with Crippen molar-refractivity contribution in [3.05, 3.63) is 65.4 Å². The quantitative estimate of drug-likeness (QED) is 0.575. The molecule has 0 radical (unpaired) electrons. The Morgan fingerprint density at radius 2 is 2.08 bits per heavy atom. The van der Waals surface area contributed by atoms with E-state index in [4.69, 9.17) is 4.98 Å². The molecule has 0 bridgehead atoms. The van der Waals surface area contributed by atoms with Gasteiger partial charge in [0.05, 0.1) is 27.7 Å². The molecular weight excluding hydrogens is 351 g/mol. The van der Waals surface area contributed by atoms with Crippen molar-refractivity contribution in [1.29, 1.82) is 0 Å². The Morgan fingerprint density at radius 1 is 1.27 bits per heavy atom. The molecule has 0 aliphatic heterocycles. The number of amides is 1. The molecule has 1 amide bonds. The number of hydrogen-bond acceptors (Lipinski definition) is 4. The second kappa shape index (κ2) is 6.68. The topological polar surface area (TPSA) is 59.8 Å². The monoisotopic (exact) mass is 366 g/mol. The highest BCUT2D eigenvalue weighted by Gasteiger charge is 2.17. The van der Waals surface area contributed by atoms with Gasteiger partial charge in [-0.25, -0.2) is 14.1 Å². The van der Waals surface area contributed by atoms with Crippen molar-refractivity contribution in [2.75, 3.05) is 5.32 Å². The highest BCUT2D eigenvalue weighted by Crippen LogP contribution is 2.28. The fourth-order valence-corrected chi connectivity index (χ4v) is 3.44. The van der Waals surface area contributed by atoms with Gasteiger partial charge in [0.15, 0.2) is 5.65 Å². The van der Waals surface area contributed by atoms with Crippen molar-refractivity contribution in [2.24, 2.45) is 0 Å². The summed E-state index contributed by atoms with van der Waals surface area (Å²) in [5.41, 5.74) is 2.42. The number of halogens is 1. The standard InChI is InChI=1S/C19H15FN4OS/c1-2-24-18-15(11-21-24)14(10-16(23-18)17-4-3-9-26-17)19(25)22-13-7-5-12(20)6-8-13/h3-11H,2H2,1H3,(H,22,25). The van der Waals surface area contributed by atoms with Crippen molar-refractivity contribution >= 4 is 34.0 Å². The van der Waals surface area contributed by atoms with Crippen LogP contribution in [-0.2, 0) is 6.54 Å². The number of nitrogens with zero attached hydrogens (tertiary/aromatic N) is 3. The highest BCUT2D eigenvalue weighted by atomic mass is 32.1. The Labute approximate surface area is 153 Å². The van der Waals surface area contributed by atoms with Gasteiger partial charge in [-0.05, 0) is 48.7 Å². The summed E-state index contributed by atoms with van der Waals surface area (Å²) >= 11 is 1.56. The molecule has 3 heterocycles. The van der Waals surface area contributed by atoms with Crippen LogP contribution in [-0.4, -0.2) is 20.7 Å². The van der Waals surface area contributed by atoms with E-state index in [-0.39, 0.29) is 11.7 Å². The Kier molecular flexibility index (Phi) is 4.22. The molecule has 3 aromatic heterocycles. The van der Waals surface area contributed by atoms with Crippen molar-refractivity contribution < 1.29 is 9.18 Å². The maximum Gasteiger partial charge on any atom is 0.256 e. The molecule has 0 fully saturated rings. The Morgan fingerprint density at radius 3 is 2.77 bits per heavy atom. The lowest BCUT2D eigenvalue weighted by atomic mass is 10.1. The molecule has 1 aromatic carbocycles. The molecule has 0 saturated heterocycles. The third kappa shape index (κ3) is 2.97. The summed E-state index contributed by atoms with van der Waals surface area (Å²) in [6.45, 7) is 2.63. The van der Waals surface area contributed by atoms with Crippen LogP contribution < -0.4 is 5.32 Å². The van der Waals surface area contributed by atoms with E-state index >= 15 is 0 Å². The van der Waals surface area contributed by atoms with Crippen LogP contribution in [0.2, 0.25) is 0 Å². The third-order valence-electron chi connectivity index (χ3n) is 4.03. The van der Waals surface area contributed by atoms with E-state index in [2.05, 4.69) is 10.4 Å². The van der Waals surface area contributed by atoms with Gasteiger partial charge in [-0.3, -0.25) is 4.79 Å². The Hall–Kier alpha value is -3.06. The van der Waals surface area contributed by atoms with E-state index < -0.39 is 0 Å². The minimum Gasteiger partial charge on any atom is -0.322 e. The highest BCUT2D eigenvalue weighted by molar-refractivity contribution is 7.13. The van der Waals surface area contributed by atoms with Crippen LogP contribution >= 0.6 is 11.3 Å². The number of nitrogens with one attached hydrogen (secondary N) is 1. The fourth-order valence-electron chi connectivity index (χ4n) is 2.75. The number of aryl methyl sites for hydroxylation is 1. The Balaban J connectivity index is 1.80. The number of thiophene rings is 1. The first kappa shape index (κ1) is 16.4. The van der Waals surface area contributed by atoms with E-state index in [1.54, 1.807) is 28.3 Å². The maximum atomic E-state index is 13.1. The SMILES string of the molecule is CCn1ncc2c(C(=O)Nc3ccc(F)cc3)cc(-c3cccs3)nc21. The summed E-state index contributed by atoms with van der Waals surface area (Å²) in [7, 11) is 0. The van der Waals surface area contributed by atoms with E-state index in [0.717, 1.165) is 10.6 Å². The lowest BCUT2D eigenvalue weighted by Crippen LogP contribution is -2.13. The molecule has 7 heteroatoms. The van der Waals surface area contributed by atoms with Gasteiger partial charge in [0.25, 0.3) is 5.91 Å². The van der Waals surface area contributed by atoms with Crippen molar-refractivity contribution in [3.63, 3.8) is 0 Å². The first-order chi connectivity index (χ1) is 12.7. The van der Waals surface area contributed by atoms with Gasteiger partial charge in [0, 0.05) is 12.2 Å². The van der Waals surface area contributed by atoms with Crippen molar-refractivity contribution in [2.45, 2.75) is 13.5 Å². The van der Waals surface area contributed by atoms with Crippen molar-refractivity contribution in [1.82, 2.24) is 14.8 Å². The number of hydrogen-bond donors (Lipinski definition) is 1. The maximum absolute atomic E-state index is 13.1. The molecule has 0 spiro atoms. The molecule has 0 unspecified atom stereocenters. The zero-order chi connectivity index (χ0) is 18.1. The van der Waals surface area contributed by atoms with Crippen molar-refractivity contribution in [3.8, 4) is 10.6 Å². The van der Waals surface area contributed by atoms with Crippen LogP contribution in [0.25, 0.3) is 21.6 Å². The molecule has 4 aromatic rings. The second-order valence-electron chi connectivity index (χ2n) is 5.69. The lowest BCUT2D eigenvalue weighted by Gasteiger charge is -2.08. The molecule has 0 aliphatic rings. The number of rotatable bonds is 4. The number of pyridine rings is 1. The second-order valence-corrected chi connectivity index (χ2v) is 6.64. The summed E-state index contributed by atoms with van der Waals surface area (Å²) in [6.07, 6.45) is 1.66. The fraction of sp³-hybridized carbons (Fsp3) is 0.105. The average molecular weight is 366 g/mol. The van der Waals surface area contributed by atoms with E-state index in [1.165, 1.54) is 24.3 Å². The summed E-state index contributed by atoms with van der Waals surface area (Å²) in [4.78, 5) is 18.5. The first-order valence-electron chi connectivity index (χ1n) is 8.13. The zero-order valence-corrected chi connectivity index (χ0v) is 14.8. The van der Waals surface area contributed by atoms with E-state index in [9.17, 15) is 9.18 Å². The predicted molar refractivity (Wildman–Crippen MR) is 101 cm³/mol. The smallest absolute Gasteiger partial charge is 0.256 e. The lowest BCUT2D eigenvalue weighted by molar-refractivity contribution is 0.102. The summed E-state index contributed by atoms with van der Waals surface area (Å²) < 4.78 is 14.8. The van der Waals surface area contributed by atoms with Gasteiger partial charge >= 0.3 is 0 Å². The van der Waals surface area contributed by atoms with E-state index in [1.807, 2.05) is 24.4 Å². The summed E-state index contributed by atoms with van der Waals surface area (Å²) in [6, 6.07) is 11.4. The molecule has 5 nitrogen and oxygen atoms in total. The first-order valence-corrected chi connectivity index (χ1v) is 9.01. The van der Waals surface area contributed by atoms with Gasteiger partial charge < -0.3 is 5.32 Å². The molecule has 26 heavy (non-hydrogen) atoms. The molecule has 130 valence electrons. The largest absolute Gasteiger partial charge is 0.322 e. The molecule has 0 saturated carbocycles. The van der Waals surface area contributed by atoms with Crippen LogP contribution in [0.1, 0.15) is 17.3 Å².